The number of ether oxygens (including phenoxy) is 1. The molecular formula is C13H27NO. The summed E-state index contributed by atoms with van der Waals surface area (Å²) in [6, 6.07) is 0. The highest BCUT2D eigenvalue weighted by atomic mass is 16.5. The Balaban J connectivity index is 2.14. The fourth-order valence-corrected chi connectivity index (χ4v) is 1.86. The van der Waals surface area contributed by atoms with Gasteiger partial charge in [-0.05, 0) is 52.1 Å². The molecule has 15 heavy (non-hydrogen) atoms. The van der Waals surface area contributed by atoms with E-state index in [1.54, 1.807) is 0 Å². The molecule has 90 valence electrons. The van der Waals surface area contributed by atoms with Crippen LogP contribution in [-0.4, -0.2) is 36.7 Å². The lowest BCUT2D eigenvalue weighted by molar-refractivity contribution is -0.0185. The van der Waals surface area contributed by atoms with Crippen molar-refractivity contribution in [1.29, 1.82) is 0 Å². The summed E-state index contributed by atoms with van der Waals surface area (Å²) < 4.78 is 5.74. The van der Waals surface area contributed by atoms with Crippen LogP contribution in [0.3, 0.4) is 0 Å². The molecule has 0 atom stereocenters. The maximum atomic E-state index is 5.74. The second-order valence-electron chi connectivity index (χ2n) is 6.47. The van der Waals surface area contributed by atoms with Crippen LogP contribution in [0, 0.1) is 5.41 Å². The second-order valence-corrected chi connectivity index (χ2v) is 6.47. The lowest BCUT2D eigenvalue weighted by Crippen LogP contribution is -2.39. The van der Waals surface area contributed by atoms with E-state index in [4.69, 9.17) is 4.74 Å². The van der Waals surface area contributed by atoms with Gasteiger partial charge < -0.3 is 9.64 Å². The van der Waals surface area contributed by atoms with Crippen LogP contribution in [0.15, 0.2) is 0 Å². The molecule has 0 radical (unpaired) electrons. The van der Waals surface area contributed by atoms with Crippen LogP contribution in [-0.2, 0) is 4.74 Å². The Hall–Kier alpha value is -0.0800. The molecule has 0 aromatic carbocycles. The van der Waals surface area contributed by atoms with Gasteiger partial charge in [0.2, 0.25) is 0 Å². The Kier molecular flexibility index (Phi) is 4.19. The summed E-state index contributed by atoms with van der Waals surface area (Å²) in [4.78, 5) is 2.52. The van der Waals surface area contributed by atoms with Gasteiger partial charge >= 0.3 is 0 Å². The van der Waals surface area contributed by atoms with Crippen LogP contribution in [0.4, 0.5) is 0 Å². The van der Waals surface area contributed by atoms with Crippen molar-refractivity contribution in [2.24, 2.45) is 5.41 Å². The Labute approximate surface area is 95.0 Å². The average Bonchev–Trinajstić information content (AvgIpc) is 2.06. The molecule has 2 heteroatoms. The summed E-state index contributed by atoms with van der Waals surface area (Å²) in [6.07, 6.45) is 2.64. The molecule has 0 aromatic rings. The van der Waals surface area contributed by atoms with Crippen LogP contribution in [0.2, 0.25) is 0 Å². The highest BCUT2D eigenvalue weighted by molar-refractivity contribution is 4.78. The molecule has 0 spiro atoms. The van der Waals surface area contributed by atoms with Crippen LogP contribution in [0.25, 0.3) is 0 Å². The highest BCUT2D eigenvalue weighted by Crippen LogP contribution is 2.29. The van der Waals surface area contributed by atoms with Crippen molar-refractivity contribution in [2.45, 2.75) is 53.1 Å². The van der Waals surface area contributed by atoms with E-state index in [1.807, 2.05) is 0 Å². The van der Waals surface area contributed by atoms with Gasteiger partial charge in [-0.1, -0.05) is 13.8 Å². The van der Waals surface area contributed by atoms with E-state index in [2.05, 4.69) is 39.5 Å². The number of nitrogens with zero attached hydrogens (tertiary/aromatic N) is 1. The average molecular weight is 213 g/mol. The van der Waals surface area contributed by atoms with Gasteiger partial charge in [-0.15, -0.1) is 0 Å². The zero-order chi connectivity index (χ0) is 11.5. The predicted molar refractivity (Wildman–Crippen MR) is 65.2 cm³/mol. The molecule has 0 aromatic heterocycles. The van der Waals surface area contributed by atoms with Gasteiger partial charge in [0.25, 0.3) is 0 Å². The van der Waals surface area contributed by atoms with E-state index in [0.29, 0.717) is 5.41 Å². The molecule has 0 saturated carbocycles. The van der Waals surface area contributed by atoms with E-state index >= 15 is 0 Å². The van der Waals surface area contributed by atoms with Gasteiger partial charge in [-0.25, -0.2) is 0 Å². The first-order chi connectivity index (χ1) is 6.79. The summed E-state index contributed by atoms with van der Waals surface area (Å²) in [5.74, 6) is 0. The van der Waals surface area contributed by atoms with Gasteiger partial charge in [0.15, 0.2) is 0 Å². The molecule has 1 aliphatic heterocycles. The zero-order valence-corrected chi connectivity index (χ0v) is 11.1. The molecule has 1 aliphatic rings. The molecule has 1 rings (SSSR count). The first-order valence-corrected chi connectivity index (χ1v) is 6.15. The fourth-order valence-electron chi connectivity index (χ4n) is 1.86. The number of likely N-dealkylation sites (tertiary alicyclic amines) is 1. The molecule has 1 heterocycles. The Morgan fingerprint density at radius 2 is 1.67 bits per heavy atom. The number of rotatable bonds is 3. The van der Waals surface area contributed by atoms with E-state index in [1.165, 1.54) is 25.9 Å². The summed E-state index contributed by atoms with van der Waals surface area (Å²) in [5.41, 5.74) is 0.566. The van der Waals surface area contributed by atoms with Crippen LogP contribution in [0.1, 0.15) is 47.5 Å². The standard InChI is InChI=1S/C13H27NO/c1-12(2,3)15-11-10-14-8-6-13(4,5)7-9-14/h6-11H2,1-5H3. The van der Waals surface area contributed by atoms with Crippen LogP contribution in [0.5, 0.6) is 0 Å². The minimum Gasteiger partial charge on any atom is -0.375 e. The first kappa shape index (κ1) is 13.0. The molecule has 1 saturated heterocycles. The maximum absolute atomic E-state index is 5.74. The van der Waals surface area contributed by atoms with Crippen molar-refractivity contribution in [3.05, 3.63) is 0 Å². The maximum Gasteiger partial charge on any atom is 0.0600 e. The largest absolute Gasteiger partial charge is 0.375 e. The molecule has 1 fully saturated rings. The monoisotopic (exact) mass is 213 g/mol. The van der Waals surface area contributed by atoms with Gasteiger partial charge in [-0.2, -0.15) is 0 Å². The number of hydrogen-bond donors (Lipinski definition) is 0. The highest BCUT2D eigenvalue weighted by Gasteiger charge is 2.25. The summed E-state index contributed by atoms with van der Waals surface area (Å²) in [7, 11) is 0. The number of piperidine rings is 1. The number of hydrogen-bond acceptors (Lipinski definition) is 2. The lowest BCUT2D eigenvalue weighted by atomic mass is 9.83. The van der Waals surface area contributed by atoms with E-state index in [0.717, 1.165) is 13.2 Å². The zero-order valence-electron chi connectivity index (χ0n) is 11.1. The molecule has 0 bridgehead atoms. The third-order valence-corrected chi connectivity index (χ3v) is 3.15. The Bertz CT molecular complexity index is 183. The van der Waals surface area contributed by atoms with Gasteiger partial charge in [0, 0.05) is 6.54 Å². The molecule has 2 nitrogen and oxygen atoms in total. The minimum absolute atomic E-state index is 0.00899. The van der Waals surface area contributed by atoms with E-state index in [9.17, 15) is 0 Å². The minimum atomic E-state index is 0.00899. The van der Waals surface area contributed by atoms with Crippen molar-refractivity contribution in [3.8, 4) is 0 Å². The van der Waals surface area contributed by atoms with Crippen LogP contribution < -0.4 is 0 Å². The molecular weight excluding hydrogens is 186 g/mol. The topological polar surface area (TPSA) is 12.5 Å². The summed E-state index contributed by atoms with van der Waals surface area (Å²) in [5, 5.41) is 0. The molecule has 0 N–H and O–H groups in total. The third kappa shape index (κ3) is 5.53. The SMILES string of the molecule is CC1(C)CCN(CCOC(C)(C)C)CC1. The van der Waals surface area contributed by atoms with Gasteiger partial charge in [-0.3, -0.25) is 0 Å². The first-order valence-electron chi connectivity index (χ1n) is 6.15. The van der Waals surface area contributed by atoms with Gasteiger partial charge in [0.1, 0.15) is 0 Å². The van der Waals surface area contributed by atoms with Crippen molar-refractivity contribution in [3.63, 3.8) is 0 Å². The molecule has 0 amide bonds. The van der Waals surface area contributed by atoms with Crippen molar-refractivity contribution in [1.82, 2.24) is 4.90 Å². The van der Waals surface area contributed by atoms with Crippen molar-refractivity contribution >= 4 is 0 Å². The quantitative estimate of drug-likeness (QED) is 0.714. The Morgan fingerprint density at radius 3 is 2.13 bits per heavy atom. The summed E-state index contributed by atoms with van der Waals surface area (Å²) in [6.45, 7) is 15.5. The second kappa shape index (κ2) is 4.84. The van der Waals surface area contributed by atoms with Crippen LogP contribution >= 0.6 is 0 Å². The fraction of sp³-hybridized carbons (Fsp3) is 1.00. The molecule has 0 aliphatic carbocycles. The van der Waals surface area contributed by atoms with Crippen molar-refractivity contribution < 1.29 is 4.74 Å². The summed E-state index contributed by atoms with van der Waals surface area (Å²) >= 11 is 0. The smallest absolute Gasteiger partial charge is 0.0600 e. The van der Waals surface area contributed by atoms with Crippen molar-refractivity contribution in [2.75, 3.05) is 26.2 Å². The Morgan fingerprint density at radius 1 is 1.13 bits per heavy atom. The predicted octanol–water partition coefficient (Wildman–Crippen LogP) is 2.92. The van der Waals surface area contributed by atoms with Gasteiger partial charge in [0.05, 0.1) is 12.2 Å². The van der Waals surface area contributed by atoms with E-state index in [-0.39, 0.29) is 5.60 Å². The van der Waals surface area contributed by atoms with E-state index < -0.39 is 0 Å². The third-order valence-electron chi connectivity index (χ3n) is 3.15. The normalized spacial score (nSPS) is 23.0. The lowest BCUT2D eigenvalue weighted by Gasteiger charge is -2.37. The molecule has 0 unspecified atom stereocenters.